The van der Waals surface area contributed by atoms with E-state index < -0.39 is 0 Å². The topological polar surface area (TPSA) is 12.9 Å². The molecule has 8 aromatic carbocycles. The van der Waals surface area contributed by atoms with Crippen LogP contribution < -0.4 is 0 Å². The Bertz CT molecular complexity index is 2810. The highest BCUT2D eigenvalue weighted by molar-refractivity contribution is 6.13. The molecular weight excluding hydrogens is 639 g/mol. The van der Waals surface area contributed by atoms with Gasteiger partial charge < -0.3 is 0 Å². The SMILES string of the molecule is C=C(c1ccc(-c2ccccc2)cc1)C1c2ccccc2-c2cc(-c3ccc4cc(-c5ccc(-c6ccccc6)cc5)c5ncccc5c4c3)ccc21. The van der Waals surface area contributed by atoms with E-state index in [2.05, 4.69) is 182 Å². The van der Waals surface area contributed by atoms with Gasteiger partial charge in [-0.15, -0.1) is 0 Å². The van der Waals surface area contributed by atoms with Crippen LogP contribution in [0, 0.1) is 0 Å². The number of benzene rings is 8. The summed E-state index contributed by atoms with van der Waals surface area (Å²) < 4.78 is 0. The van der Waals surface area contributed by atoms with Crippen LogP contribution in [0.15, 0.2) is 201 Å². The third-order valence-electron chi connectivity index (χ3n) is 11.0. The van der Waals surface area contributed by atoms with Crippen molar-refractivity contribution in [1.82, 2.24) is 4.98 Å². The van der Waals surface area contributed by atoms with E-state index in [9.17, 15) is 0 Å². The lowest BCUT2D eigenvalue weighted by Crippen LogP contribution is -2.00. The standard InChI is InChI=1S/C52H35N/c1-34(35-18-20-38(21-19-35)36-11-4-2-5-12-36)51-45-16-9-8-15-44(45)50-32-42(28-29-46(50)51)41-26-27-43-33-49(52-47(48(43)31-41)17-10-30-53-52)40-24-22-39(23-25-40)37-13-6-3-7-14-37/h2-33,51H,1H2. The predicted molar refractivity (Wildman–Crippen MR) is 224 cm³/mol. The Morgan fingerprint density at radius 1 is 0.396 bits per heavy atom. The average molecular weight is 674 g/mol. The number of pyridine rings is 1. The molecule has 10 rings (SSSR count). The van der Waals surface area contributed by atoms with Gasteiger partial charge in [-0.2, -0.15) is 0 Å². The molecule has 1 heteroatoms. The van der Waals surface area contributed by atoms with Crippen LogP contribution in [0.1, 0.15) is 22.6 Å². The fourth-order valence-corrected chi connectivity index (χ4v) is 8.28. The Hall–Kier alpha value is -6.83. The predicted octanol–water partition coefficient (Wildman–Crippen LogP) is 13.9. The second kappa shape index (κ2) is 12.7. The smallest absolute Gasteiger partial charge is 0.0786 e. The minimum Gasteiger partial charge on any atom is -0.256 e. The number of rotatable bonds is 6. The first-order chi connectivity index (χ1) is 26.2. The molecule has 1 aromatic heterocycles. The summed E-state index contributed by atoms with van der Waals surface area (Å²) >= 11 is 0. The molecule has 0 amide bonds. The highest BCUT2D eigenvalue weighted by Gasteiger charge is 2.31. The van der Waals surface area contributed by atoms with Gasteiger partial charge in [0, 0.05) is 23.1 Å². The molecule has 0 fully saturated rings. The molecule has 0 saturated carbocycles. The van der Waals surface area contributed by atoms with Crippen molar-refractivity contribution in [2.45, 2.75) is 5.92 Å². The molecule has 0 radical (unpaired) electrons. The van der Waals surface area contributed by atoms with Gasteiger partial charge in [-0.25, -0.2) is 0 Å². The number of allylic oxidation sites excluding steroid dienone is 1. The first kappa shape index (κ1) is 30.9. The van der Waals surface area contributed by atoms with Gasteiger partial charge in [0.1, 0.15) is 0 Å². The minimum absolute atomic E-state index is 0.102. The number of aromatic nitrogens is 1. The molecule has 248 valence electrons. The maximum atomic E-state index is 4.92. The molecule has 0 aliphatic heterocycles. The molecule has 0 bridgehead atoms. The van der Waals surface area contributed by atoms with Gasteiger partial charge in [0.05, 0.1) is 5.52 Å². The summed E-state index contributed by atoms with van der Waals surface area (Å²) in [5.74, 6) is 0.102. The van der Waals surface area contributed by atoms with E-state index >= 15 is 0 Å². The Labute approximate surface area is 310 Å². The first-order valence-corrected chi connectivity index (χ1v) is 18.3. The first-order valence-electron chi connectivity index (χ1n) is 18.3. The second-order valence-electron chi connectivity index (χ2n) is 14.0. The summed E-state index contributed by atoms with van der Waals surface area (Å²) in [5.41, 5.74) is 18.1. The van der Waals surface area contributed by atoms with Crippen LogP contribution in [0.25, 0.3) is 82.9 Å². The number of fused-ring (bicyclic) bond motifs is 6. The van der Waals surface area contributed by atoms with E-state index in [-0.39, 0.29) is 5.92 Å². The van der Waals surface area contributed by atoms with E-state index in [0.717, 1.165) is 22.0 Å². The Morgan fingerprint density at radius 2 is 0.962 bits per heavy atom. The Kier molecular flexibility index (Phi) is 7.44. The zero-order valence-corrected chi connectivity index (χ0v) is 29.2. The molecule has 0 saturated heterocycles. The molecule has 1 aliphatic rings. The molecule has 1 atom stereocenters. The maximum Gasteiger partial charge on any atom is 0.0786 e. The van der Waals surface area contributed by atoms with E-state index in [1.807, 2.05) is 12.3 Å². The fourth-order valence-electron chi connectivity index (χ4n) is 8.28. The van der Waals surface area contributed by atoms with Gasteiger partial charge >= 0.3 is 0 Å². The summed E-state index contributed by atoms with van der Waals surface area (Å²) in [6.07, 6.45) is 1.90. The zero-order chi connectivity index (χ0) is 35.3. The molecule has 53 heavy (non-hydrogen) atoms. The summed E-state index contributed by atoms with van der Waals surface area (Å²) in [6, 6.07) is 68.0. The maximum absolute atomic E-state index is 4.92. The van der Waals surface area contributed by atoms with Crippen LogP contribution in [-0.4, -0.2) is 4.98 Å². The van der Waals surface area contributed by atoms with Crippen LogP contribution in [0.5, 0.6) is 0 Å². The van der Waals surface area contributed by atoms with Crippen molar-refractivity contribution < 1.29 is 0 Å². The summed E-state index contributed by atoms with van der Waals surface area (Å²) in [4.78, 5) is 4.92. The summed E-state index contributed by atoms with van der Waals surface area (Å²) in [7, 11) is 0. The Morgan fingerprint density at radius 3 is 1.70 bits per heavy atom. The van der Waals surface area contributed by atoms with Crippen molar-refractivity contribution >= 4 is 27.2 Å². The van der Waals surface area contributed by atoms with Crippen LogP contribution in [0.2, 0.25) is 0 Å². The molecule has 0 N–H and O–H groups in total. The van der Waals surface area contributed by atoms with Crippen molar-refractivity contribution in [1.29, 1.82) is 0 Å². The van der Waals surface area contributed by atoms with Gasteiger partial charge in [-0.1, -0.05) is 170 Å². The van der Waals surface area contributed by atoms with Gasteiger partial charge in [-0.3, -0.25) is 4.98 Å². The monoisotopic (exact) mass is 673 g/mol. The van der Waals surface area contributed by atoms with Crippen molar-refractivity contribution in [2.75, 3.05) is 0 Å². The highest BCUT2D eigenvalue weighted by Crippen LogP contribution is 2.51. The van der Waals surface area contributed by atoms with Crippen molar-refractivity contribution in [3.05, 3.63) is 218 Å². The molecular formula is C52H35N. The van der Waals surface area contributed by atoms with E-state index in [0.29, 0.717) is 0 Å². The third kappa shape index (κ3) is 5.37. The second-order valence-corrected chi connectivity index (χ2v) is 14.0. The van der Waals surface area contributed by atoms with E-state index in [1.54, 1.807) is 0 Å². The minimum atomic E-state index is 0.102. The lowest BCUT2D eigenvalue weighted by Gasteiger charge is -2.18. The van der Waals surface area contributed by atoms with Crippen LogP contribution in [0.4, 0.5) is 0 Å². The van der Waals surface area contributed by atoms with Gasteiger partial charge in [0.25, 0.3) is 0 Å². The highest BCUT2D eigenvalue weighted by atomic mass is 14.7. The molecule has 1 heterocycles. The van der Waals surface area contributed by atoms with Crippen molar-refractivity contribution in [3.8, 4) is 55.6 Å². The van der Waals surface area contributed by atoms with Crippen LogP contribution in [0.3, 0.4) is 0 Å². The van der Waals surface area contributed by atoms with Gasteiger partial charge in [0.15, 0.2) is 0 Å². The normalized spacial score (nSPS) is 13.2. The van der Waals surface area contributed by atoms with Gasteiger partial charge in [0.2, 0.25) is 0 Å². The number of hydrogen-bond acceptors (Lipinski definition) is 1. The summed E-state index contributed by atoms with van der Waals surface area (Å²) in [5, 5.41) is 3.58. The molecule has 1 aliphatic carbocycles. The van der Waals surface area contributed by atoms with E-state index in [4.69, 9.17) is 11.6 Å². The van der Waals surface area contributed by atoms with Crippen molar-refractivity contribution in [3.63, 3.8) is 0 Å². The van der Waals surface area contributed by atoms with E-state index in [1.165, 1.54) is 77.5 Å². The van der Waals surface area contributed by atoms with Gasteiger partial charge in [-0.05, 0) is 107 Å². The molecule has 1 unspecified atom stereocenters. The summed E-state index contributed by atoms with van der Waals surface area (Å²) in [6.45, 7) is 4.69. The zero-order valence-electron chi connectivity index (χ0n) is 29.2. The number of hydrogen-bond donors (Lipinski definition) is 0. The number of nitrogens with zero attached hydrogens (tertiary/aromatic N) is 1. The largest absolute Gasteiger partial charge is 0.256 e. The Balaban J connectivity index is 1.02. The third-order valence-corrected chi connectivity index (χ3v) is 11.0. The molecule has 1 nitrogen and oxygen atoms in total. The fraction of sp³-hybridized carbons (Fsp3) is 0.0192. The molecule has 9 aromatic rings. The molecule has 0 spiro atoms. The average Bonchev–Trinajstić information content (AvgIpc) is 3.57. The lowest BCUT2D eigenvalue weighted by molar-refractivity contribution is 1.10. The quantitative estimate of drug-likeness (QED) is 0.160. The lowest BCUT2D eigenvalue weighted by atomic mass is 9.85. The van der Waals surface area contributed by atoms with Crippen molar-refractivity contribution in [2.24, 2.45) is 0 Å². The van der Waals surface area contributed by atoms with Crippen LogP contribution in [-0.2, 0) is 0 Å². The van der Waals surface area contributed by atoms with Crippen LogP contribution >= 0.6 is 0 Å².